The van der Waals surface area contributed by atoms with Crippen LogP contribution in [0, 0.1) is 47.4 Å². The number of allylic oxidation sites excluding steroid dienone is 4. The lowest BCUT2D eigenvalue weighted by molar-refractivity contribution is -0.124. The van der Waals surface area contributed by atoms with E-state index in [4.69, 9.17) is 9.97 Å². The Labute approximate surface area is 692 Å². The van der Waals surface area contributed by atoms with Gasteiger partial charge < -0.3 is 29.6 Å². The quantitative estimate of drug-likeness (QED) is 0.0294. The number of unbranched alkanes of at least 4 members (excludes halogenated alkanes) is 16. The van der Waals surface area contributed by atoms with E-state index in [0.717, 1.165) is 316 Å². The molecule has 11 rings (SSSR count). The zero-order valence-electron chi connectivity index (χ0n) is 71.7. The minimum atomic E-state index is -0.0627. The maximum atomic E-state index is 14.9. The molecule has 114 heavy (non-hydrogen) atoms. The summed E-state index contributed by atoms with van der Waals surface area (Å²) < 4.78 is 0. The maximum Gasteiger partial charge on any atom is 0.260 e. The van der Waals surface area contributed by atoms with Crippen molar-refractivity contribution in [2.24, 2.45) is 23.7 Å². The number of amides is 4. The summed E-state index contributed by atoms with van der Waals surface area (Å²) in [5.74, 6) is 16.3. The van der Waals surface area contributed by atoms with Gasteiger partial charge in [-0.3, -0.25) is 19.2 Å². The molecule has 4 unspecified atom stereocenters. The van der Waals surface area contributed by atoms with Crippen LogP contribution in [0.3, 0.4) is 0 Å². The van der Waals surface area contributed by atoms with Crippen LogP contribution in [0.5, 0.6) is 0 Å². The van der Waals surface area contributed by atoms with Crippen LogP contribution in [0.25, 0.3) is 55.8 Å². The number of rotatable bonds is 46. The van der Waals surface area contributed by atoms with E-state index in [9.17, 15) is 19.2 Å². The molecule has 610 valence electrons. The molecule has 6 aliphatic rings. The highest BCUT2D eigenvalue weighted by Gasteiger charge is 2.48. The first kappa shape index (κ1) is 86.8. The van der Waals surface area contributed by atoms with Crippen molar-refractivity contribution >= 4 is 102 Å². The van der Waals surface area contributed by atoms with E-state index in [-0.39, 0.29) is 23.6 Å². The van der Waals surface area contributed by atoms with Crippen molar-refractivity contribution in [3.8, 4) is 23.7 Å². The Morgan fingerprint density at radius 2 is 0.702 bits per heavy atom. The number of aromatic amines is 2. The zero-order valence-corrected chi connectivity index (χ0v) is 73.3. The van der Waals surface area contributed by atoms with Gasteiger partial charge in [-0.15, -0.1) is 22.7 Å². The van der Waals surface area contributed by atoms with Gasteiger partial charge in [-0.25, -0.2) is 9.97 Å². The van der Waals surface area contributed by atoms with Gasteiger partial charge in [-0.1, -0.05) is 261 Å². The molecule has 4 atom stereocenters. The monoisotopic (exact) mass is 1570 g/mol. The second-order valence-electron chi connectivity index (χ2n) is 33.3. The second-order valence-corrected chi connectivity index (χ2v) is 35.5. The zero-order chi connectivity index (χ0) is 80.6. The second kappa shape index (κ2) is 43.2. The van der Waals surface area contributed by atoms with E-state index in [1.54, 1.807) is 22.7 Å². The molecule has 0 radical (unpaired) electrons. The minimum Gasteiger partial charge on any atom is -0.353 e. The Morgan fingerprint density at radius 1 is 0.360 bits per heavy atom. The standard InChI is InChI=1S/C100H134N8O4S2/c1-13-25-33-37-45-73-61-87-93-79(53-49-75-51-59-89(113-75)95-91-81(97(109)107(95)65-71(23-11)43-31-19-7)67-105(99(91)111)63-69(21-9)41-29-17-5)77(47-39-35-27-15-3)86(103-93)58-56-84-74(46-38-34-26-14-2)62-88(102-84)94-80(78(48-40-36-28-16-4)85(104-94)57-55-83(73)101-87)54-50-76-52-60-90(114-76)96-92-82(98(110)108(96)66-72(24-12)44-32-20-8)68-106(100(92)112)64-70(22-10)42-30-18-6/h51-52,55-62,67-72,101-102H,13-48,63-66H2,1-12H3. The third-order valence-corrected chi connectivity index (χ3v) is 26.8. The van der Waals surface area contributed by atoms with Gasteiger partial charge in [0.1, 0.15) is 11.4 Å². The number of thiophene rings is 2. The highest BCUT2D eigenvalue weighted by atomic mass is 32.1. The number of carbonyl (C=O) groups excluding carboxylic acids is 4. The fraction of sp³-hybridized carbons (Fsp3) is 0.560. The van der Waals surface area contributed by atoms with Crippen LogP contribution in [0.15, 0.2) is 95.4 Å². The number of nitrogens with one attached hydrogen (secondary N) is 2. The molecule has 5 aromatic heterocycles. The molecule has 0 saturated heterocycles. The first-order valence-corrected chi connectivity index (χ1v) is 47.0. The molecule has 12 nitrogen and oxygen atoms in total. The SMILES string of the molecule is CCCCCCC1=C(C#Cc2ccc(C3=C4C(=O)N(CC(CC)CCCC)C=C4C(=O)N3CC(CC)CCCC)s2)c2nc1ccc1[nH]c(cc1CCCCCC)c1nc(ccc3[nH]c2cc3CCCCCC)C(CCCCCC)=C1C#Cc1ccc(C2=C3C(=O)N(CC(CC)CCCC)C=C3C(=O)N2CC(CC)CCCC)s1. The minimum absolute atomic E-state index is 0.0627. The Hall–Kier alpha value is -8.04. The molecule has 14 heteroatoms. The van der Waals surface area contributed by atoms with Gasteiger partial charge in [0.2, 0.25) is 0 Å². The number of hydrogen-bond acceptors (Lipinski definition) is 8. The summed E-state index contributed by atoms with van der Waals surface area (Å²) in [6.07, 6.45) is 41.8. The van der Waals surface area contributed by atoms with Crippen molar-refractivity contribution in [3.05, 3.63) is 149 Å². The summed E-state index contributed by atoms with van der Waals surface area (Å²) in [4.78, 5) is 90.2. The van der Waals surface area contributed by atoms with Crippen LogP contribution in [-0.4, -0.2) is 89.3 Å². The van der Waals surface area contributed by atoms with E-state index in [2.05, 4.69) is 177 Å². The lowest BCUT2D eigenvalue weighted by Gasteiger charge is -2.27. The van der Waals surface area contributed by atoms with Crippen LogP contribution in [0.4, 0.5) is 0 Å². The van der Waals surface area contributed by atoms with E-state index in [0.29, 0.717) is 72.1 Å². The Kier molecular flexibility index (Phi) is 32.9. The van der Waals surface area contributed by atoms with E-state index >= 15 is 0 Å². The fourth-order valence-electron chi connectivity index (χ4n) is 17.5. The maximum absolute atomic E-state index is 14.9. The molecule has 8 bridgehead atoms. The van der Waals surface area contributed by atoms with Gasteiger partial charge in [0.25, 0.3) is 23.6 Å². The van der Waals surface area contributed by atoms with Gasteiger partial charge in [-0.05, 0) is 184 Å². The molecule has 2 N–H and O–H groups in total. The third-order valence-electron chi connectivity index (χ3n) is 24.8. The number of hydrogen-bond donors (Lipinski definition) is 2. The van der Waals surface area contributed by atoms with Crippen molar-refractivity contribution in [2.45, 2.75) is 314 Å². The lowest BCUT2D eigenvalue weighted by atomic mass is 9.98. The molecule has 4 amide bonds. The summed E-state index contributed by atoms with van der Waals surface area (Å²) in [5, 5.41) is 0. The van der Waals surface area contributed by atoms with Crippen molar-refractivity contribution in [1.29, 1.82) is 0 Å². The number of aryl methyl sites for hydroxylation is 2. The molecule has 0 spiro atoms. The van der Waals surface area contributed by atoms with E-state index < -0.39 is 0 Å². The molecule has 0 fully saturated rings. The number of nitrogens with zero attached hydrogens (tertiary/aromatic N) is 6. The van der Waals surface area contributed by atoms with Crippen LogP contribution in [0.2, 0.25) is 0 Å². The van der Waals surface area contributed by atoms with Crippen molar-refractivity contribution in [3.63, 3.8) is 0 Å². The molecule has 0 saturated carbocycles. The molecule has 0 aliphatic carbocycles. The topological polar surface area (TPSA) is 139 Å². The van der Waals surface area contributed by atoms with Crippen molar-refractivity contribution in [1.82, 2.24) is 39.5 Å². The predicted molar refractivity (Wildman–Crippen MR) is 480 cm³/mol. The molecule has 5 aromatic rings. The van der Waals surface area contributed by atoms with E-state index in [1.165, 1.54) is 24.0 Å². The summed E-state index contributed by atoms with van der Waals surface area (Å²) in [6, 6.07) is 22.1. The predicted octanol–water partition coefficient (Wildman–Crippen LogP) is 26.0. The summed E-state index contributed by atoms with van der Waals surface area (Å²) in [6.45, 7) is 29.3. The molecule has 6 aliphatic heterocycles. The number of aromatic nitrogens is 4. The highest BCUT2D eigenvalue weighted by Crippen LogP contribution is 2.47. The number of fused-ring (bicyclic) bond motifs is 12. The average molecular weight is 1580 g/mol. The van der Waals surface area contributed by atoms with Gasteiger partial charge in [0, 0.05) is 49.6 Å². The smallest absolute Gasteiger partial charge is 0.260 e. The van der Waals surface area contributed by atoms with Gasteiger partial charge in [0.15, 0.2) is 0 Å². The van der Waals surface area contributed by atoms with Gasteiger partial charge in [0.05, 0.1) is 86.8 Å². The van der Waals surface area contributed by atoms with E-state index in [1.807, 2.05) is 32.0 Å². The number of H-pyrrole nitrogens is 2. The largest absolute Gasteiger partial charge is 0.353 e. The van der Waals surface area contributed by atoms with Gasteiger partial charge in [-0.2, -0.15) is 0 Å². The molecular weight excluding hydrogens is 1440 g/mol. The summed E-state index contributed by atoms with van der Waals surface area (Å²) in [7, 11) is 0. The summed E-state index contributed by atoms with van der Waals surface area (Å²) in [5.41, 5.74) is 17.8. The van der Waals surface area contributed by atoms with Gasteiger partial charge >= 0.3 is 0 Å². The highest BCUT2D eigenvalue weighted by molar-refractivity contribution is 7.14. The first-order valence-electron chi connectivity index (χ1n) is 45.3. The van der Waals surface area contributed by atoms with Crippen molar-refractivity contribution < 1.29 is 19.2 Å². The molecule has 0 aromatic carbocycles. The normalized spacial score (nSPS) is 15.9. The molecule has 11 heterocycles. The van der Waals surface area contributed by atoms with Crippen LogP contribution in [0.1, 0.15) is 355 Å². The molecular formula is C100H134N8O4S2. The Balaban J connectivity index is 1.06. The number of carbonyl (C=O) groups is 4. The van der Waals surface area contributed by atoms with Crippen molar-refractivity contribution in [2.75, 3.05) is 26.2 Å². The Bertz CT molecular complexity index is 4410. The Morgan fingerprint density at radius 3 is 1.04 bits per heavy atom. The lowest BCUT2D eigenvalue weighted by Crippen LogP contribution is -2.32. The average Bonchev–Trinajstić information content (AvgIpc) is 1.58. The van der Waals surface area contributed by atoms with Crippen LogP contribution >= 0.6 is 22.7 Å². The summed E-state index contributed by atoms with van der Waals surface area (Å²) >= 11 is 3.17. The van der Waals surface area contributed by atoms with Crippen LogP contribution in [-0.2, 0) is 32.0 Å². The first-order chi connectivity index (χ1) is 55.7. The third kappa shape index (κ3) is 20.8. The van der Waals surface area contributed by atoms with Crippen LogP contribution < -0.4 is 0 Å². The fourth-order valence-corrected chi connectivity index (χ4v) is 19.4.